The van der Waals surface area contributed by atoms with Crippen molar-refractivity contribution in [1.82, 2.24) is 19.5 Å². The molecule has 4 aromatic rings. The van der Waals surface area contributed by atoms with Crippen molar-refractivity contribution in [2.24, 2.45) is 0 Å². The van der Waals surface area contributed by atoms with Crippen molar-refractivity contribution in [1.29, 1.82) is 0 Å². The van der Waals surface area contributed by atoms with Crippen LogP contribution >= 0.6 is 0 Å². The highest BCUT2D eigenvalue weighted by atomic mass is 16.5. The predicted molar refractivity (Wildman–Crippen MR) is 130 cm³/mol. The van der Waals surface area contributed by atoms with Crippen LogP contribution in [0.5, 0.6) is 11.6 Å². The maximum atomic E-state index is 13.4. The van der Waals surface area contributed by atoms with Crippen LogP contribution in [0.25, 0.3) is 11.0 Å². The van der Waals surface area contributed by atoms with Crippen molar-refractivity contribution >= 4 is 16.8 Å². The lowest BCUT2D eigenvalue weighted by atomic mass is 10.0. The molecule has 0 spiro atoms. The first-order valence-electron chi connectivity index (χ1n) is 11.2. The maximum Gasteiger partial charge on any atom is 0.255 e. The summed E-state index contributed by atoms with van der Waals surface area (Å²) >= 11 is 0. The van der Waals surface area contributed by atoms with Gasteiger partial charge in [-0.15, -0.1) is 0 Å². The molecule has 4 rings (SSSR count). The van der Waals surface area contributed by atoms with E-state index in [-0.39, 0.29) is 30.2 Å². The van der Waals surface area contributed by atoms with E-state index >= 15 is 0 Å². The van der Waals surface area contributed by atoms with Crippen molar-refractivity contribution in [3.8, 4) is 11.6 Å². The number of aromatic nitrogens is 4. The third kappa shape index (κ3) is 4.57. The minimum absolute atomic E-state index is 0.0471. The number of ketones is 1. The van der Waals surface area contributed by atoms with Gasteiger partial charge < -0.3 is 19.0 Å². The molecule has 0 bridgehead atoms. The van der Waals surface area contributed by atoms with Crippen molar-refractivity contribution < 1.29 is 14.3 Å². The molecule has 1 unspecified atom stereocenters. The molecule has 0 aliphatic heterocycles. The quantitative estimate of drug-likeness (QED) is 0.376. The Hall–Kier alpha value is -3.94. The lowest BCUT2D eigenvalue weighted by molar-refractivity contribution is 0.0983. The van der Waals surface area contributed by atoms with Crippen molar-refractivity contribution in [3.63, 3.8) is 0 Å². The van der Waals surface area contributed by atoms with E-state index in [1.807, 2.05) is 48.7 Å². The van der Waals surface area contributed by atoms with Gasteiger partial charge in [0.05, 0.1) is 18.7 Å². The Morgan fingerprint density at radius 2 is 1.94 bits per heavy atom. The first-order valence-corrected chi connectivity index (χ1v) is 11.2. The number of rotatable bonds is 9. The van der Waals surface area contributed by atoms with Gasteiger partial charge in [0.15, 0.2) is 5.78 Å². The van der Waals surface area contributed by atoms with Crippen LogP contribution in [0.2, 0.25) is 0 Å². The van der Waals surface area contributed by atoms with E-state index in [1.165, 1.54) is 7.11 Å². The van der Waals surface area contributed by atoms with Gasteiger partial charge in [-0.1, -0.05) is 6.07 Å². The number of Topliss-reactive ketones (excluding diaryl/α,β-unsaturated/α-hetero) is 1. The summed E-state index contributed by atoms with van der Waals surface area (Å²) in [5.41, 5.74) is 3.12. The molecule has 0 amide bonds. The smallest absolute Gasteiger partial charge is 0.255 e. The van der Waals surface area contributed by atoms with Gasteiger partial charge in [0, 0.05) is 47.2 Å². The van der Waals surface area contributed by atoms with Crippen LogP contribution in [0, 0.1) is 13.8 Å². The van der Waals surface area contributed by atoms with E-state index in [9.17, 15) is 9.59 Å². The van der Waals surface area contributed by atoms with Crippen LogP contribution in [-0.2, 0) is 6.42 Å². The highest BCUT2D eigenvalue weighted by molar-refractivity contribution is 6.08. The Bertz CT molecular complexity index is 1380. The second-order valence-corrected chi connectivity index (χ2v) is 8.28. The average Bonchev–Trinajstić information content (AvgIpc) is 3.13. The van der Waals surface area contributed by atoms with Gasteiger partial charge in [0.25, 0.3) is 5.56 Å². The zero-order valence-corrected chi connectivity index (χ0v) is 19.8. The molecule has 1 N–H and O–H groups in total. The monoisotopic (exact) mass is 460 g/mol. The Labute approximate surface area is 197 Å². The molecule has 176 valence electrons. The molecule has 34 heavy (non-hydrogen) atoms. The highest BCUT2D eigenvalue weighted by Crippen LogP contribution is 2.29. The number of carbonyl (C=O) groups excluding carboxylic acids is 1. The van der Waals surface area contributed by atoms with E-state index < -0.39 is 0 Å². The summed E-state index contributed by atoms with van der Waals surface area (Å²) in [7, 11) is 1.53. The number of hydrogen-bond donors (Lipinski definition) is 1. The number of ether oxygens (including phenoxy) is 2. The van der Waals surface area contributed by atoms with Gasteiger partial charge >= 0.3 is 0 Å². The predicted octanol–water partition coefficient (Wildman–Crippen LogP) is 4.20. The number of H-pyrrole nitrogens is 1. The minimum atomic E-state index is -0.231. The van der Waals surface area contributed by atoms with Crippen molar-refractivity contribution in [3.05, 3.63) is 81.7 Å². The standard InChI is InChI=1S/C26H28N4O4/c1-16-14-22(33-4)19(26(32)29-16)10-11-21(31)24-18(3)30(25-20(24)8-7-13-28-25)17(2)15-34-23-9-5-6-12-27-23/h5-9,12-14,17H,10-11,15H2,1-4H3,(H,29,32). The van der Waals surface area contributed by atoms with Gasteiger partial charge in [-0.05, 0) is 51.5 Å². The molecule has 0 radical (unpaired) electrons. The Morgan fingerprint density at radius 3 is 2.68 bits per heavy atom. The normalized spacial score (nSPS) is 12.0. The van der Waals surface area contributed by atoms with Gasteiger partial charge in [0.1, 0.15) is 18.0 Å². The summed E-state index contributed by atoms with van der Waals surface area (Å²) in [5, 5.41) is 0.791. The number of carbonyl (C=O) groups is 1. The van der Waals surface area contributed by atoms with Crippen LogP contribution in [0.4, 0.5) is 0 Å². The number of aromatic amines is 1. The molecule has 4 heterocycles. The number of nitrogens with zero attached hydrogens (tertiary/aromatic N) is 3. The number of pyridine rings is 3. The zero-order valence-electron chi connectivity index (χ0n) is 19.8. The van der Waals surface area contributed by atoms with Gasteiger partial charge in [0.2, 0.25) is 5.88 Å². The number of aryl methyl sites for hydroxylation is 1. The summed E-state index contributed by atoms with van der Waals surface area (Å²) < 4.78 is 13.3. The number of nitrogens with one attached hydrogen (secondary N) is 1. The highest BCUT2D eigenvalue weighted by Gasteiger charge is 2.24. The number of methoxy groups -OCH3 is 1. The fraction of sp³-hybridized carbons (Fsp3) is 0.308. The molecular weight excluding hydrogens is 432 g/mol. The third-order valence-corrected chi connectivity index (χ3v) is 5.89. The van der Waals surface area contributed by atoms with E-state index in [2.05, 4.69) is 15.0 Å². The lowest BCUT2D eigenvalue weighted by Crippen LogP contribution is -2.18. The van der Waals surface area contributed by atoms with Crippen LogP contribution < -0.4 is 15.0 Å². The summed E-state index contributed by atoms with van der Waals surface area (Å²) in [6, 6.07) is 10.9. The topological polar surface area (TPSA) is 99.1 Å². The molecule has 8 heteroatoms. The molecule has 8 nitrogen and oxygen atoms in total. The van der Waals surface area contributed by atoms with Crippen LogP contribution in [0.15, 0.2) is 53.6 Å². The molecule has 0 saturated heterocycles. The second-order valence-electron chi connectivity index (χ2n) is 8.28. The molecule has 1 atom stereocenters. The van der Waals surface area contributed by atoms with Crippen LogP contribution in [0.3, 0.4) is 0 Å². The van der Waals surface area contributed by atoms with Gasteiger partial charge in [-0.25, -0.2) is 9.97 Å². The summed E-state index contributed by atoms with van der Waals surface area (Å²) in [6.45, 7) is 6.12. The molecule has 0 aliphatic rings. The molecule has 0 fully saturated rings. The maximum absolute atomic E-state index is 13.4. The lowest BCUT2D eigenvalue weighted by Gasteiger charge is -2.17. The summed E-state index contributed by atoms with van der Waals surface area (Å²) in [5.74, 6) is 0.995. The minimum Gasteiger partial charge on any atom is -0.496 e. The van der Waals surface area contributed by atoms with E-state index in [0.717, 1.165) is 16.7 Å². The van der Waals surface area contributed by atoms with Crippen molar-refractivity contribution in [2.45, 2.75) is 39.7 Å². The largest absolute Gasteiger partial charge is 0.496 e. The molecule has 0 aliphatic carbocycles. The average molecular weight is 461 g/mol. The molecule has 0 aromatic carbocycles. The fourth-order valence-corrected chi connectivity index (χ4v) is 4.33. The van der Waals surface area contributed by atoms with E-state index in [4.69, 9.17) is 9.47 Å². The third-order valence-electron chi connectivity index (χ3n) is 5.89. The summed E-state index contributed by atoms with van der Waals surface area (Å²) in [6.07, 6.45) is 3.86. The van der Waals surface area contributed by atoms with Gasteiger partial charge in [-0.2, -0.15) is 0 Å². The van der Waals surface area contributed by atoms with Crippen molar-refractivity contribution in [2.75, 3.05) is 13.7 Å². The Kier molecular flexibility index (Phi) is 6.77. The SMILES string of the molecule is COc1cc(C)[nH]c(=O)c1CCC(=O)c1c(C)n(C(C)COc2ccccn2)c2ncccc12. The first kappa shape index (κ1) is 23.2. The van der Waals surface area contributed by atoms with Crippen LogP contribution in [-0.4, -0.2) is 39.0 Å². The fourth-order valence-electron chi connectivity index (χ4n) is 4.33. The van der Waals surface area contributed by atoms with E-state index in [0.29, 0.717) is 35.1 Å². The second kappa shape index (κ2) is 9.91. The Morgan fingerprint density at radius 1 is 1.15 bits per heavy atom. The molecule has 0 saturated carbocycles. The zero-order chi connectivity index (χ0) is 24.2. The number of hydrogen-bond acceptors (Lipinski definition) is 6. The van der Waals surface area contributed by atoms with E-state index in [1.54, 1.807) is 25.4 Å². The summed E-state index contributed by atoms with van der Waals surface area (Å²) in [4.78, 5) is 37.4. The Balaban J connectivity index is 1.61. The first-order chi connectivity index (χ1) is 16.4. The molecule has 4 aromatic heterocycles. The molecular formula is C26H28N4O4. The van der Waals surface area contributed by atoms with Crippen LogP contribution in [0.1, 0.15) is 46.7 Å². The van der Waals surface area contributed by atoms with Gasteiger partial charge in [-0.3, -0.25) is 9.59 Å². The number of fused-ring (bicyclic) bond motifs is 1.